The molecule has 0 spiro atoms. The Bertz CT molecular complexity index is 461. The molecule has 2 aliphatic carbocycles. The summed E-state index contributed by atoms with van der Waals surface area (Å²) in [6, 6.07) is 0. The van der Waals surface area contributed by atoms with Gasteiger partial charge in [0, 0.05) is 0 Å². The zero-order valence-corrected chi connectivity index (χ0v) is 10.9. The SMILES string of the molecule is CC1(N)C=CC=C(C2=CC=CC(C)(N)C=C2)C=C1. The molecule has 0 radical (unpaired) electrons. The Morgan fingerprint density at radius 1 is 0.722 bits per heavy atom. The number of rotatable bonds is 1. The van der Waals surface area contributed by atoms with Gasteiger partial charge in [-0.1, -0.05) is 60.8 Å². The molecule has 2 aliphatic rings. The molecule has 0 saturated heterocycles. The van der Waals surface area contributed by atoms with Crippen LogP contribution in [0.15, 0.2) is 71.9 Å². The van der Waals surface area contributed by atoms with Gasteiger partial charge in [0.15, 0.2) is 0 Å². The van der Waals surface area contributed by atoms with Crippen molar-refractivity contribution in [2.24, 2.45) is 11.5 Å². The highest BCUT2D eigenvalue weighted by Gasteiger charge is 2.14. The molecular formula is C16H20N2. The molecule has 0 bridgehead atoms. The minimum Gasteiger partial charge on any atom is -0.319 e. The van der Waals surface area contributed by atoms with E-state index in [9.17, 15) is 0 Å². The lowest BCUT2D eigenvalue weighted by molar-refractivity contribution is 0.735. The molecule has 0 aromatic rings. The van der Waals surface area contributed by atoms with Crippen molar-refractivity contribution in [1.29, 1.82) is 0 Å². The Balaban J connectivity index is 2.30. The molecule has 2 atom stereocenters. The quantitative estimate of drug-likeness (QED) is 0.740. The number of nitrogens with two attached hydrogens (primary N) is 2. The van der Waals surface area contributed by atoms with E-state index in [0.29, 0.717) is 0 Å². The van der Waals surface area contributed by atoms with Crippen molar-refractivity contribution in [2.45, 2.75) is 24.9 Å². The van der Waals surface area contributed by atoms with E-state index < -0.39 is 0 Å². The average molecular weight is 240 g/mol. The molecule has 0 amide bonds. The summed E-state index contributed by atoms with van der Waals surface area (Å²) < 4.78 is 0. The van der Waals surface area contributed by atoms with Crippen LogP contribution in [0.5, 0.6) is 0 Å². The van der Waals surface area contributed by atoms with Crippen LogP contribution >= 0.6 is 0 Å². The van der Waals surface area contributed by atoms with E-state index in [-0.39, 0.29) is 11.1 Å². The Morgan fingerprint density at radius 3 is 1.50 bits per heavy atom. The minimum absolute atomic E-state index is 0.383. The monoisotopic (exact) mass is 240 g/mol. The molecule has 94 valence electrons. The first-order valence-electron chi connectivity index (χ1n) is 6.14. The average Bonchev–Trinajstić information content (AvgIpc) is 2.54. The van der Waals surface area contributed by atoms with E-state index in [4.69, 9.17) is 11.5 Å². The van der Waals surface area contributed by atoms with Crippen molar-refractivity contribution < 1.29 is 0 Å². The van der Waals surface area contributed by atoms with Crippen molar-refractivity contribution in [2.75, 3.05) is 0 Å². The topological polar surface area (TPSA) is 52.0 Å². The third kappa shape index (κ3) is 3.19. The highest BCUT2D eigenvalue weighted by atomic mass is 14.7. The van der Waals surface area contributed by atoms with Crippen LogP contribution in [0.4, 0.5) is 0 Å². The van der Waals surface area contributed by atoms with Gasteiger partial charge >= 0.3 is 0 Å². The highest BCUT2D eigenvalue weighted by molar-refractivity contribution is 5.53. The Labute approximate surface area is 109 Å². The second-order valence-electron chi connectivity index (χ2n) is 5.36. The van der Waals surface area contributed by atoms with Crippen LogP contribution in [0.2, 0.25) is 0 Å². The van der Waals surface area contributed by atoms with Gasteiger partial charge in [-0.3, -0.25) is 0 Å². The van der Waals surface area contributed by atoms with E-state index in [1.165, 1.54) is 0 Å². The first kappa shape index (κ1) is 12.8. The van der Waals surface area contributed by atoms with Crippen LogP contribution in [0.1, 0.15) is 13.8 Å². The van der Waals surface area contributed by atoms with Crippen molar-refractivity contribution in [3.05, 3.63) is 71.9 Å². The normalized spacial score (nSPS) is 34.9. The number of hydrogen-bond acceptors (Lipinski definition) is 2. The van der Waals surface area contributed by atoms with Crippen molar-refractivity contribution in [3.8, 4) is 0 Å². The summed E-state index contributed by atoms with van der Waals surface area (Å²) in [6.07, 6.45) is 20.2. The molecule has 0 heterocycles. The van der Waals surface area contributed by atoms with E-state index in [1.54, 1.807) is 0 Å². The fourth-order valence-corrected chi connectivity index (χ4v) is 1.86. The first-order valence-corrected chi connectivity index (χ1v) is 6.14. The predicted octanol–water partition coefficient (Wildman–Crippen LogP) is 2.53. The number of allylic oxidation sites excluding steroid dienone is 8. The zero-order chi connectivity index (χ0) is 13.2. The van der Waals surface area contributed by atoms with Crippen molar-refractivity contribution in [1.82, 2.24) is 0 Å². The van der Waals surface area contributed by atoms with Gasteiger partial charge in [0.1, 0.15) is 0 Å². The van der Waals surface area contributed by atoms with Crippen LogP contribution in [0.25, 0.3) is 0 Å². The van der Waals surface area contributed by atoms with Crippen LogP contribution < -0.4 is 11.5 Å². The first-order chi connectivity index (χ1) is 8.38. The maximum Gasteiger partial charge on any atom is 0.0502 e. The van der Waals surface area contributed by atoms with Crippen LogP contribution in [0, 0.1) is 0 Å². The molecule has 2 nitrogen and oxygen atoms in total. The summed E-state index contributed by atoms with van der Waals surface area (Å²) in [6.45, 7) is 3.95. The molecule has 0 fully saturated rings. The van der Waals surface area contributed by atoms with E-state index >= 15 is 0 Å². The largest absolute Gasteiger partial charge is 0.319 e. The predicted molar refractivity (Wildman–Crippen MR) is 77.9 cm³/mol. The van der Waals surface area contributed by atoms with Gasteiger partial charge < -0.3 is 11.5 Å². The maximum absolute atomic E-state index is 6.07. The third-order valence-electron chi connectivity index (χ3n) is 3.04. The summed E-state index contributed by atoms with van der Waals surface area (Å²) in [5, 5.41) is 0. The molecule has 0 saturated carbocycles. The van der Waals surface area contributed by atoms with Crippen molar-refractivity contribution in [3.63, 3.8) is 0 Å². The summed E-state index contributed by atoms with van der Waals surface area (Å²) in [5.74, 6) is 0. The molecule has 4 N–H and O–H groups in total. The van der Waals surface area contributed by atoms with E-state index in [2.05, 4.69) is 24.3 Å². The van der Waals surface area contributed by atoms with Crippen molar-refractivity contribution >= 4 is 0 Å². The molecule has 0 aromatic heterocycles. The highest BCUT2D eigenvalue weighted by Crippen LogP contribution is 2.22. The molecule has 2 unspecified atom stereocenters. The summed E-state index contributed by atoms with van der Waals surface area (Å²) >= 11 is 0. The van der Waals surface area contributed by atoms with E-state index in [1.807, 2.05) is 50.3 Å². The van der Waals surface area contributed by atoms with Gasteiger partial charge in [-0.2, -0.15) is 0 Å². The summed E-state index contributed by atoms with van der Waals surface area (Å²) in [5.41, 5.74) is 13.6. The molecule has 2 rings (SSSR count). The maximum atomic E-state index is 6.07. The lowest BCUT2D eigenvalue weighted by Gasteiger charge is -2.13. The van der Waals surface area contributed by atoms with Crippen LogP contribution in [0.3, 0.4) is 0 Å². The fourth-order valence-electron chi connectivity index (χ4n) is 1.86. The zero-order valence-electron chi connectivity index (χ0n) is 10.9. The smallest absolute Gasteiger partial charge is 0.0502 e. The van der Waals surface area contributed by atoms with Gasteiger partial charge in [-0.05, 0) is 25.0 Å². The molecular weight excluding hydrogens is 220 g/mol. The van der Waals surface area contributed by atoms with Gasteiger partial charge in [-0.15, -0.1) is 0 Å². The second kappa shape index (κ2) is 4.56. The van der Waals surface area contributed by atoms with Gasteiger partial charge in [-0.25, -0.2) is 0 Å². The molecule has 0 aliphatic heterocycles. The van der Waals surface area contributed by atoms with Gasteiger partial charge in [0.25, 0.3) is 0 Å². The molecule has 2 heteroatoms. The standard InChI is InChI=1S/C16H20N2/c1-15(17)9-3-5-13(7-11-15)14-6-4-10-16(2,18)12-8-14/h3-12H,17-18H2,1-2H3. The van der Waals surface area contributed by atoms with E-state index in [0.717, 1.165) is 11.1 Å². The Morgan fingerprint density at radius 2 is 1.11 bits per heavy atom. The Hall–Kier alpha value is -1.64. The molecule has 0 aromatic carbocycles. The molecule has 18 heavy (non-hydrogen) atoms. The van der Waals surface area contributed by atoms with Crippen LogP contribution in [-0.4, -0.2) is 11.1 Å². The lowest BCUT2D eigenvalue weighted by Crippen LogP contribution is -2.30. The fraction of sp³-hybridized carbons (Fsp3) is 0.250. The number of hydrogen-bond donors (Lipinski definition) is 2. The lowest BCUT2D eigenvalue weighted by atomic mass is 10.00. The summed E-state index contributed by atoms with van der Waals surface area (Å²) in [7, 11) is 0. The van der Waals surface area contributed by atoms with Crippen LogP contribution in [-0.2, 0) is 0 Å². The second-order valence-corrected chi connectivity index (χ2v) is 5.36. The summed E-state index contributed by atoms with van der Waals surface area (Å²) in [4.78, 5) is 0. The van der Waals surface area contributed by atoms with Gasteiger partial charge in [0.2, 0.25) is 0 Å². The third-order valence-corrected chi connectivity index (χ3v) is 3.04. The van der Waals surface area contributed by atoms with Gasteiger partial charge in [0.05, 0.1) is 11.1 Å². The Kier molecular flexibility index (Phi) is 3.24. The minimum atomic E-state index is -0.383.